The van der Waals surface area contributed by atoms with Crippen molar-refractivity contribution in [3.63, 3.8) is 0 Å². The molecule has 1 aliphatic rings. The van der Waals surface area contributed by atoms with E-state index < -0.39 is 58.2 Å². The van der Waals surface area contributed by atoms with Crippen molar-refractivity contribution < 1.29 is 32.4 Å². The summed E-state index contributed by atoms with van der Waals surface area (Å²) in [6, 6.07) is 27.6. The molecule has 5 atom stereocenters. The zero-order chi connectivity index (χ0) is 44.7. The number of H-pyrrole nitrogens is 1. The van der Waals surface area contributed by atoms with Crippen LogP contribution in [-0.2, 0) is 28.5 Å². The van der Waals surface area contributed by atoms with Crippen LogP contribution in [0.4, 0.5) is 0 Å². The Morgan fingerprint density at radius 1 is 0.885 bits per heavy atom. The van der Waals surface area contributed by atoms with Crippen LogP contribution in [0.3, 0.4) is 0 Å². The molecular weight excluding hydrogens is 879 g/mol. The highest BCUT2D eigenvalue weighted by Crippen LogP contribution is 2.52. The number of hydrogen-bond donors (Lipinski definition) is 1. The van der Waals surface area contributed by atoms with Crippen molar-refractivity contribution >= 4 is 32.8 Å². The summed E-state index contributed by atoms with van der Waals surface area (Å²) in [6.45, 7) is 19.0. The minimum Gasteiger partial charge on any atom is -0.497 e. The lowest BCUT2D eigenvalue weighted by Crippen LogP contribution is -2.50. The van der Waals surface area contributed by atoms with E-state index in [1.807, 2.05) is 78.9 Å². The minimum absolute atomic E-state index is 0.00516. The topological polar surface area (TPSA) is 147 Å². The number of aromatic nitrogens is 2. The maximum absolute atomic E-state index is 13.8. The Balaban J connectivity index is 1.75. The molecule has 0 aliphatic carbocycles. The van der Waals surface area contributed by atoms with Crippen LogP contribution in [0.2, 0.25) is 18.1 Å². The van der Waals surface area contributed by atoms with Crippen molar-refractivity contribution in [3.8, 4) is 17.6 Å². The van der Waals surface area contributed by atoms with Crippen molar-refractivity contribution in [1.82, 2.24) is 14.2 Å². The Bertz CT molecular complexity index is 2140. The number of rotatable bonds is 19. The van der Waals surface area contributed by atoms with Gasteiger partial charge < -0.3 is 32.4 Å². The Hall–Kier alpha value is -3.68. The van der Waals surface area contributed by atoms with Crippen LogP contribution in [0.25, 0.3) is 0 Å². The van der Waals surface area contributed by atoms with Crippen molar-refractivity contribution in [2.24, 2.45) is 0 Å². The molecule has 0 amide bonds. The van der Waals surface area contributed by atoms with Crippen LogP contribution in [-0.4, -0.2) is 80.4 Å². The molecular formula is C45H60BrN4O9PSi. The average Bonchev–Trinajstić information content (AvgIpc) is 3.54. The smallest absolute Gasteiger partial charge is 0.330 e. The fourth-order valence-corrected chi connectivity index (χ4v) is 10.5. The van der Waals surface area contributed by atoms with Crippen LogP contribution in [0.15, 0.2) is 99.1 Å². The van der Waals surface area contributed by atoms with Gasteiger partial charge in [0.05, 0.1) is 44.4 Å². The van der Waals surface area contributed by atoms with Gasteiger partial charge >= 0.3 is 5.69 Å². The largest absolute Gasteiger partial charge is 0.497 e. The summed E-state index contributed by atoms with van der Waals surface area (Å²) >= 11 is 3.34. The molecule has 1 N–H and O–H groups in total. The molecule has 1 fully saturated rings. The molecule has 0 bridgehead atoms. The summed E-state index contributed by atoms with van der Waals surface area (Å²) in [4.78, 5) is 28.9. The first-order chi connectivity index (χ1) is 28.9. The van der Waals surface area contributed by atoms with Crippen molar-refractivity contribution in [2.45, 2.75) is 115 Å². The van der Waals surface area contributed by atoms with Gasteiger partial charge in [0, 0.05) is 18.3 Å². The molecule has 330 valence electrons. The van der Waals surface area contributed by atoms with Crippen LogP contribution >= 0.6 is 24.5 Å². The molecule has 1 saturated heterocycles. The van der Waals surface area contributed by atoms with Crippen LogP contribution in [0.1, 0.15) is 77.8 Å². The second-order valence-corrected chi connectivity index (χ2v) is 24.0. The lowest BCUT2D eigenvalue weighted by Gasteiger charge is -2.42. The van der Waals surface area contributed by atoms with Crippen molar-refractivity contribution in [3.05, 3.63) is 127 Å². The van der Waals surface area contributed by atoms with Gasteiger partial charge in [-0.25, -0.2) is 9.46 Å². The summed E-state index contributed by atoms with van der Waals surface area (Å²) in [7, 11) is -1.25. The van der Waals surface area contributed by atoms with E-state index in [2.05, 4.69) is 93.2 Å². The summed E-state index contributed by atoms with van der Waals surface area (Å²) in [6.07, 6.45) is -2.12. The molecule has 13 nitrogen and oxygen atoms in total. The maximum Gasteiger partial charge on any atom is 0.330 e. The van der Waals surface area contributed by atoms with Crippen LogP contribution < -0.4 is 20.7 Å². The van der Waals surface area contributed by atoms with Gasteiger partial charge in [0.1, 0.15) is 35.4 Å². The minimum atomic E-state index is -2.66. The van der Waals surface area contributed by atoms with Crippen molar-refractivity contribution in [1.29, 1.82) is 5.26 Å². The molecule has 2 heterocycles. The SMILES string of the molecule is COc1ccc(C(OC[C@H]2O[C@@H](n3cc(Br)c(=O)[nH]c3=O)C(O[Si](C)(C)C(C)(C)C)[C@H]2OP(OCCC#N)N(C(C)C)C(C)C)(c2ccccc2)c2ccc(OC)cc2)cc1. The van der Waals surface area contributed by atoms with E-state index in [4.69, 9.17) is 32.4 Å². The van der Waals surface area contributed by atoms with Gasteiger partial charge in [-0.2, -0.15) is 5.26 Å². The van der Waals surface area contributed by atoms with E-state index in [9.17, 15) is 14.9 Å². The van der Waals surface area contributed by atoms with Gasteiger partial charge in [0.25, 0.3) is 14.1 Å². The van der Waals surface area contributed by atoms with Gasteiger partial charge in [0.2, 0.25) is 0 Å². The molecule has 1 aliphatic heterocycles. The quantitative estimate of drug-likeness (QED) is 0.0416. The Morgan fingerprint density at radius 3 is 1.92 bits per heavy atom. The average molecular weight is 940 g/mol. The van der Waals surface area contributed by atoms with E-state index >= 15 is 0 Å². The zero-order valence-electron chi connectivity index (χ0n) is 37.0. The standard InChI is InChI=1S/C45H60BrN4O9PSi/c1-30(2)50(31(3)4)60(56-27-15-26-47)58-39-38(57-42(40(39)59-61(10,11)44(5,6)7)49-28-37(46)41(51)48-43(49)52)29-55-45(32-16-13-12-14-17-32,33-18-22-35(53-8)23-19-33)34-20-24-36(54-9)25-21-34/h12-14,16-25,28,30-31,38-40,42H,15,27,29H2,1-11H3,(H,48,51,52)/t38-,39+,40?,42-,60?/m1/s1. The molecule has 0 radical (unpaired) electrons. The van der Waals surface area contributed by atoms with Gasteiger partial charge in [0.15, 0.2) is 14.5 Å². The molecule has 2 unspecified atom stereocenters. The fourth-order valence-electron chi connectivity index (χ4n) is 7.17. The van der Waals surface area contributed by atoms with Crippen LogP contribution in [0.5, 0.6) is 11.5 Å². The number of hydrogen-bond acceptors (Lipinski definition) is 11. The molecule has 3 aromatic carbocycles. The highest BCUT2D eigenvalue weighted by molar-refractivity contribution is 9.10. The first kappa shape index (κ1) is 48.4. The number of nitrogens with zero attached hydrogens (tertiary/aromatic N) is 3. The lowest BCUT2D eigenvalue weighted by molar-refractivity contribution is -0.0943. The normalized spacial score (nSPS) is 19.0. The summed E-state index contributed by atoms with van der Waals surface area (Å²) < 4.78 is 50.2. The van der Waals surface area contributed by atoms with E-state index in [1.165, 1.54) is 10.8 Å². The molecule has 1 aromatic heterocycles. The predicted octanol–water partition coefficient (Wildman–Crippen LogP) is 9.27. The third-order valence-corrected chi connectivity index (χ3v) is 18.4. The Labute approximate surface area is 370 Å². The van der Waals surface area contributed by atoms with E-state index in [1.54, 1.807) is 14.2 Å². The highest BCUT2D eigenvalue weighted by Gasteiger charge is 2.54. The predicted molar refractivity (Wildman–Crippen MR) is 243 cm³/mol. The van der Waals surface area contributed by atoms with E-state index in [0.29, 0.717) is 11.5 Å². The first-order valence-electron chi connectivity index (χ1n) is 20.5. The van der Waals surface area contributed by atoms with Gasteiger partial charge in [-0.15, -0.1) is 0 Å². The first-order valence-corrected chi connectivity index (χ1v) is 25.3. The maximum atomic E-state index is 13.8. The molecule has 5 rings (SSSR count). The van der Waals surface area contributed by atoms with Crippen molar-refractivity contribution in [2.75, 3.05) is 27.4 Å². The second-order valence-electron chi connectivity index (χ2n) is 17.0. The third kappa shape index (κ3) is 10.9. The number of benzene rings is 3. The third-order valence-electron chi connectivity index (χ3n) is 11.2. The van der Waals surface area contributed by atoms with E-state index in [0.717, 1.165) is 16.7 Å². The molecule has 0 spiro atoms. The lowest BCUT2D eigenvalue weighted by atomic mass is 9.80. The van der Waals surface area contributed by atoms with Gasteiger partial charge in [-0.1, -0.05) is 75.4 Å². The van der Waals surface area contributed by atoms with E-state index in [-0.39, 0.29) is 41.2 Å². The molecule has 16 heteroatoms. The molecule has 0 saturated carbocycles. The second kappa shape index (κ2) is 20.7. The number of ether oxygens (including phenoxy) is 4. The molecule has 4 aromatic rings. The number of aromatic amines is 1. The summed E-state index contributed by atoms with van der Waals surface area (Å²) in [5.74, 6) is 1.37. The number of nitrogens with one attached hydrogen (secondary N) is 1. The fraction of sp³-hybridized carbons (Fsp3) is 0.489. The Morgan fingerprint density at radius 2 is 1.43 bits per heavy atom. The van der Waals surface area contributed by atoms with Crippen LogP contribution in [0, 0.1) is 11.3 Å². The summed E-state index contributed by atoms with van der Waals surface area (Å²) in [5.41, 5.74) is 0.0317. The number of methoxy groups -OCH3 is 2. The monoisotopic (exact) mass is 938 g/mol. The summed E-state index contributed by atoms with van der Waals surface area (Å²) in [5, 5.41) is 9.26. The van der Waals surface area contributed by atoms with Gasteiger partial charge in [-0.3, -0.25) is 14.3 Å². The highest BCUT2D eigenvalue weighted by atomic mass is 79.9. The number of halogens is 1. The zero-order valence-corrected chi connectivity index (χ0v) is 40.5. The Kier molecular flexibility index (Phi) is 16.4. The number of nitriles is 1. The van der Waals surface area contributed by atoms with Gasteiger partial charge in [-0.05, 0) is 103 Å². The molecule has 61 heavy (non-hydrogen) atoms.